The van der Waals surface area contributed by atoms with E-state index in [1.807, 2.05) is 17.5 Å². The Morgan fingerprint density at radius 1 is 1.35 bits per heavy atom. The van der Waals surface area contributed by atoms with Gasteiger partial charge in [0.1, 0.15) is 4.88 Å². The lowest BCUT2D eigenvalue weighted by atomic mass is 9.94. The molecule has 1 saturated carbocycles. The SMILES string of the molecule is COC(=O)[C@@H]1CCCCC[C@H]1NC(=O)c1sc2nccn2c1C. The summed E-state index contributed by atoms with van der Waals surface area (Å²) in [7, 11) is 1.41. The summed E-state index contributed by atoms with van der Waals surface area (Å²) in [6.45, 7) is 1.91. The lowest BCUT2D eigenvalue weighted by Gasteiger charge is -2.24. The minimum atomic E-state index is -0.254. The number of imidazole rings is 1. The zero-order valence-electron chi connectivity index (χ0n) is 13.4. The fraction of sp³-hybridized carbons (Fsp3) is 0.562. The van der Waals surface area contributed by atoms with Gasteiger partial charge in [0.2, 0.25) is 0 Å². The predicted molar refractivity (Wildman–Crippen MR) is 87.7 cm³/mol. The van der Waals surface area contributed by atoms with Crippen molar-refractivity contribution in [1.82, 2.24) is 14.7 Å². The van der Waals surface area contributed by atoms with Crippen LogP contribution in [0, 0.1) is 12.8 Å². The highest BCUT2D eigenvalue weighted by Gasteiger charge is 2.32. The average Bonchev–Trinajstić information content (AvgIpc) is 3.04. The molecule has 1 aliphatic carbocycles. The first-order chi connectivity index (χ1) is 11.1. The number of amides is 1. The number of methoxy groups -OCH3 is 1. The Labute approximate surface area is 138 Å². The standard InChI is InChI=1S/C16H21N3O3S/c1-10-13(23-16-17-8-9-19(10)16)14(20)18-12-7-5-3-4-6-11(12)15(21)22-2/h8-9,11-12H,3-7H2,1-2H3,(H,18,20)/t11-,12-/m1/s1. The number of ether oxygens (including phenoxy) is 1. The number of nitrogens with zero attached hydrogens (tertiary/aromatic N) is 2. The van der Waals surface area contributed by atoms with E-state index in [4.69, 9.17) is 4.74 Å². The Morgan fingerprint density at radius 3 is 2.87 bits per heavy atom. The lowest BCUT2D eigenvalue weighted by Crippen LogP contribution is -2.43. The predicted octanol–water partition coefficient (Wildman–Crippen LogP) is 2.56. The molecule has 23 heavy (non-hydrogen) atoms. The first-order valence-corrected chi connectivity index (χ1v) is 8.74. The molecule has 0 radical (unpaired) electrons. The molecule has 0 spiro atoms. The summed E-state index contributed by atoms with van der Waals surface area (Å²) in [6.07, 6.45) is 8.26. The Bertz CT molecular complexity index is 721. The second-order valence-electron chi connectivity index (χ2n) is 5.94. The maximum absolute atomic E-state index is 12.7. The largest absolute Gasteiger partial charge is 0.469 e. The summed E-state index contributed by atoms with van der Waals surface area (Å²) >= 11 is 1.37. The molecule has 0 bridgehead atoms. The normalized spacial score (nSPS) is 21.8. The highest BCUT2D eigenvalue weighted by atomic mass is 32.1. The number of nitrogens with one attached hydrogen (secondary N) is 1. The number of carbonyl (C=O) groups excluding carboxylic acids is 2. The fourth-order valence-corrected chi connectivity index (χ4v) is 4.24. The molecule has 1 fully saturated rings. The number of aryl methyl sites for hydroxylation is 1. The van der Waals surface area contributed by atoms with Gasteiger partial charge in [-0.1, -0.05) is 30.6 Å². The summed E-state index contributed by atoms with van der Waals surface area (Å²) in [5, 5.41) is 3.06. The number of carbonyl (C=O) groups is 2. The van der Waals surface area contributed by atoms with E-state index in [0.29, 0.717) is 4.88 Å². The highest BCUT2D eigenvalue weighted by molar-refractivity contribution is 7.19. The van der Waals surface area contributed by atoms with Gasteiger partial charge in [-0.25, -0.2) is 4.98 Å². The molecule has 1 aliphatic rings. The van der Waals surface area contributed by atoms with E-state index in [0.717, 1.165) is 42.8 Å². The number of hydrogen-bond donors (Lipinski definition) is 1. The van der Waals surface area contributed by atoms with Gasteiger partial charge in [-0.2, -0.15) is 0 Å². The maximum Gasteiger partial charge on any atom is 0.310 e. The molecule has 6 nitrogen and oxygen atoms in total. The van der Waals surface area contributed by atoms with Gasteiger partial charge in [0.25, 0.3) is 5.91 Å². The van der Waals surface area contributed by atoms with Gasteiger partial charge in [-0.05, 0) is 19.8 Å². The monoisotopic (exact) mass is 335 g/mol. The smallest absolute Gasteiger partial charge is 0.310 e. The molecule has 2 heterocycles. The topological polar surface area (TPSA) is 72.7 Å². The molecular weight excluding hydrogens is 314 g/mol. The summed E-state index contributed by atoms with van der Waals surface area (Å²) in [6, 6.07) is -0.161. The minimum Gasteiger partial charge on any atom is -0.469 e. The third-order valence-electron chi connectivity index (χ3n) is 4.53. The van der Waals surface area contributed by atoms with Crippen LogP contribution in [0.4, 0.5) is 0 Å². The van der Waals surface area contributed by atoms with E-state index < -0.39 is 0 Å². The molecule has 0 aliphatic heterocycles. The number of fused-ring (bicyclic) bond motifs is 1. The summed E-state index contributed by atoms with van der Waals surface area (Å²) in [4.78, 5) is 30.4. The third-order valence-corrected chi connectivity index (χ3v) is 5.70. The summed E-state index contributed by atoms with van der Waals surface area (Å²) in [5.74, 6) is -0.607. The first kappa shape index (κ1) is 16.0. The third kappa shape index (κ3) is 3.10. The minimum absolute atomic E-state index is 0.126. The van der Waals surface area contributed by atoms with Crippen LogP contribution in [0.1, 0.15) is 47.5 Å². The Kier molecular flexibility index (Phi) is 4.66. The number of esters is 1. The van der Waals surface area contributed by atoms with Crippen LogP contribution in [0.3, 0.4) is 0 Å². The van der Waals surface area contributed by atoms with E-state index in [9.17, 15) is 9.59 Å². The van der Waals surface area contributed by atoms with Crippen molar-refractivity contribution >= 4 is 28.2 Å². The van der Waals surface area contributed by atoms with Crippen LogP contribution in [0.15, 0.2) is 12.4 Å². The second-order valence-corrected chi connectivity index (χ2v) is 6.92. The van der Waals surface area contributed by atoms with Crippen LogP contribution in [0.5, 0.6) is 0 Å². The van der Waals surface area contributed by atoms with Crippen molar-refractivity contribution in [3.63, 3.8) is 0 Å². The first-order valence-electron chi connectivity index (χ1n) is 7.93. The van der Waals surface area contributed by atoms with Crippen molar-refractivity contribution < 1.29 is 14.3 Å². The molecule has 124 valence electrons. The Balaban J connectivity index is 1.80. The van der Waals surface area contributed by atoms with Crippen molar-refractivity contribution in [2.24, 2.45) is 5.92 Å². The van der Waals surface area contributed by atoms with Crippen LogP contribution in [0.25, 0.3) is 4.96 Å². The van der Waals surface area contributed by atoms with Gasteiger partial charge in [-0.3, -0.25) is 14.0 Å². The van der Waals surface area contributed by atoms with E-state index in [2.05, 4.69) is 10.3 Å². The highest BCUT2D eigenvalue weighted by Crippen LogP contribution is 2.26. The van der Waals surface area contributed by atoms with Crippen molar-refractivity contribution in [2.75, 3.05) is 7.11 Å². The van der Waals surface area contributed by atoms with Crippen molar-refractivity contribution in [3.05, 3.63) is 23.0 Å². The zero-order chi connectivity index (χ0) is 16.4. The molecule has 1 amide bonds. The average molecular weight is 335 g/mol. The van der Waals surface area contributed by atoms with Crippen LogP contribution in [0.2, 0.25) is 0 Å². The number of rotatable bonds is 3. The van der Waals surface area contributed by atoms with Crippen LogP contribution in [-0.4, -0.2) is 34.4 Å². The van der Waals surface area contributed by atoms with Crippen LogP contribution >= 0.6 is 11.3 Å². The Hall–Kier alpha value is -1.89. The fourth-order valence-electron chi connectivity index (χ4n) is 3.25. The van der Waals surface area contributed by atoms with E-state index in [1.165, 1.54) is 18.4 Å². The summed E-state index contributed by atoms with van der Waals surface area (Å²) in [5.41, 5.74) is 0.878. The van der Waals surface area contributed by atoms with Gasteiger partial charge >= 0.3 is 5.97 Å². The molecule has 0 saturated heterocycles. The van der Waals surface area contributed by atoms with Gasteiger partial charge in [0, 0.05) is 24.1 Å². The van der Waals surface area contributed by atoms with Crippen molar-refractivity contribution in [3.8, 4) is 0 Å². The quantitative estimate of drug-likeness (QED) is 0.691. The van der Waals surface area contributed by atoms with Crippen molar-refractivity contribution in [1.29, 1.82) is 0 Å². The van der Waals surface area contributed by atoms with E-state index in [-0.39, 0.29) is 23.8 Å². The molecule has 0 aromatic carbocycles. The molecule has 7 heteroatoms. The molecule has 0 unspecified atom stereocenters. The van der Waals surface area contributed by atoms with E-state index in [1.54, 1.807) is 6.20 Å². The van der Waals surface area contributed by atoms with E-state index >= 15 is 0 Å². The van der Waals surface area contributed by atoms with Gasteiger partial charge < -0.3 is 10.1 Å². The summed E-state index contributed by atoms with van der Waals surface area (Å²) < 4.78 is 6.83. The second kappa shape index (κ2) is 6.70. The molecule has 3 rings (SSSR count). The Morgan fingerprint density at radius 2 is 2.13 bits per heavy atom. The van der Waals surface area contributed by atoms with Crippen LogP contribution in [-0.2, 0) is 9.53 Å². The number of aromatic nitrogens is 2. The molecule has 2 aromatic heterocycles. The number of thiazole rings is 1. The molecular formula is C16H21N3O3S. The van der Waals surface area contributed by atoms with Gasteiger partial charge in [0.05, 0.1) is 13.0 Å². The van der Waals surface area contributed by atoms with Crippen LogP contribution < -0.4 is 5.32 Å². The zero-order valence-corrected chi connectivity index (χ0v) is 14.2. The molecule has 1 N–H and O–H groups in total. The van der Waals surface area contributed by atoms with Gasteiger partial charge in [-0.15, -0.1) is 0 Å². The van der Waals surface area contributed by atoms with Crippen molar-refractivity contribution in [2.45, 2.75) is 45.1 Å². The lowest BCUT2D eigenvalue weighted by molar-refractivity contribution is -0.146. The molecule has 2 atom stereocenters. The maximum atomic E-state index is 12.7. The molecule has 2 aromatic rings. The number of hydrogen-bond acceptors (Lipinski definition) is 5. The van der Waals surface area contributed by atoms with Gasteiger partial charge in [0.15, 0.2) is 4.96 Å².